The van der Waals surface area contributed by atoms with Gasteiger partial charge in [-0.05, 0) is 18.4 Å². The van der Waals surface area contributed by atoms with Gasteiger partial charge in [-0.3, -0.25) is 4.79 Å². The molecule has 0 aromatic heterocycles. The Kier molecular flexibility index (Phi) is 4.60. The van der Waals surface area contributed by atoms with Crippen LogP contribution in [0, 0.1) is 11.8 Å². The molecule has 0 radical (unpaired) electrons. The average molecular weight is 302 g/mol. The molecular formula is C18H22O4. The number of carbonyl (C=O) groups is 1. The van der Waals surface area contributed by atoms with Crippen LogP contribution in [0.15, 0.2) is 42.5 Å². The van der Waals surface area contributed by atoms with Crippen LogP contribution in [-0.2, 0) is 16.0 Å². The van der Waals surface area contributed by atoms with Crippen LogP contribution >= 0.6 is 0 Å². The van der Waals surface area contributed by atoms with Crippen molar-refractivity contribution in [1.82, 2.24) is 0 Å². The van der Waals surface area contributed by atoms with Crippen LogP contribution in [0.5, 0.6) is 0 Å². The van der Waals surface area contributed by atoms with Crippen molar-refractivity contribution in [3.63, 3.8) is 0 Å². The van der Waals surface area contributed by atoms with Gasteiger partial charge in [0.15, 0.2) is 0 Å². The Labute approximate surface area is 130 Å². The maximum Gasteiger partial charge on any atom is 0.306 e. The van der Waals surface area contributed by atoms with Crippen LogP contribution in [0.1, 0.15) is 24.8 Å². The van der Waals surface area contributed by atoms with E-state index < -0.39 is 12.2 Å². The molecule has 1 heterocycles. The number of aliphatic hydroxyl groups excluding tert-OH is 2. The lowest BCUT2D eigenvalue weighted by atomic mass is 9.91. The number of benzene rings is 1. The van der Waals surface area contributed by atoms with Gasteiger partial charge in [-0.15, -0.1) is 0 Å². The maximum atomic E-state index is 11.3. The summed E-state index contributed by atoms with van der Waals surface area (Å²) in [5.41, 5.74) is 1.20. The van der Waals surface area contributed by atoms with Crippen LogP contribution in [0.2, 0.25) is 0 Å². The molecule has 0 unspecified atom stereocenters. The molecule has 2 N–H and O–H groups in total. The van der Waals surface area contributed by atoms with Crippen molar-refractivity contribution in [3.8, 4) is 0 Å². The number of carbonyl (C=O) groups excluding carboxylic acids is 1. The first-order chi connectivity index (χ1) is 10.6. The van der Waals surface area contributed by atoms with Gasteiger partial charge < -0.3 is 14.9 Å². The zero-order valence-corrected chi connectivity index (χ0v) is 12.5. The number of aryl methyl sites for hydroxylation is 1. The van der Waals surface area contributed by atoms with E-state index in [9.17, 15) is 15.0 Å². The third-order valence-corrected chi connectivity index (χ3v) is 4.70. The number of hydrogen-bond donors (Lipinski definition) is 2. The number of rotatable bonds is 5. The molecular weight excluding hydrogens is 280 g/mol. The van der Waals surface area contributed by atoms with Gasteiger partial charge in [0, 0.05) is 18.3 Å². The first-order valence-corrected chi connectivity index (χ1v) is 7.91. The highest BCUT2D eigenvalue weighted by atomic mass is 16.6. The van der Waals surface area contributed by atoms with Gasteiger partial charge in [0.25, 0.3) is 0 Å². The van der Waals surface area contributed by atoms with E-state index in [1.54, 1.807) is 6.08 Å². The summed E-state index contributed by atoms with van der Waals surface area (Å²) in [7, 11) is 0. The lowest BCUT2D eigenvalue weighted by Crippen LogP contribution is -2.18. The van der Waals surface area contributed by atoms with Crippen molar-refractivity contribution in [1.29, 1.82) is 0 Å². The zero-order chi connectivity index (χ0) is 15.5. The molecule has 1 saturated carbocycles. The minimum atomic E-state index is -0.538. The Hall–Kier alpha value is -1.65. The SMILES string of the molecule is O=C1C[C@H]2[C@@H](C=C[C@@H](O)CCc3ccccc3)[C@H](O)C[C@H]2O1. The van der Waals surface area contributed by atoms with E-state index >= 15 is 0 Å². The fraction of sp³-hybridized carbons (Fsp3) is 0.500. The summed E-state index contributed by atoms with van der Waals surface area (Å²) in [6.07, 6.45) is 4.78. The molecule has 0 bridgehead atoms. The summed E-state index contributed by atoms with van der Waals surface area (Å²) in [6.45, 7) is 0. The molecule has 1 aliphatic carbocycles. The number of ether oxygens (including phenoxy) is 1. The molecule has 2 aliphatic rings. The van der Waals surface area contributed by atoms with Gasteiger partial charge in [0.05, 0.1) is 18.6 Å². The molecule has 0 amide bonds. The smallest absolute Gasteiger partial charge is 0.306 e. The monoisotopic (exact) mass is 302 g/mol. The third kappa shape index (κ3) is 3.39. The van der Waals surface area contributed by atoms with Gasteiger partial charge >= 0.3 is 5.97 Å². The first kappa shape index (κ1) is 15.3. The molecule has 3 rings (SSSR count). The van der Waals surface area contributed by atoms with E-state index in [0.717, 1.165) is 6.42 Å². The molecule has 5 atom stereocenters. The largest absolute Gasteiger partial charge is 0.462 e. The van der Waals surface area contributed by atoms with Gasteiger partial charge in [0.1, 0.15) is 6.10 Å². The fourth-order valence-corrected chi connectivity index (χ4v) is 3.50. The van der Waals surface area contributed by atoms with E-state index in [1.165, 1.54) is 5.56 Å². The summed E-state index contributed by atoms with van der Waals surface area (Å²) in [5, 5.41) is 20.2. The summed E-state index contributed by atoms with van der Waals surface area (Å²) < 4.78 is 5.20. The van der Waals surface area contributed by atoms with Gasteiger partial charge in [-0.1, -0.05) is 42.5 Å². The van der Waals surface area contributed by atoms with Crippen LogP contribution in [0.4, 0.5) is 0 Å². The Morgan fingerprint density at radius 1 is 1.32 bits per heavy atom. The molecule has 2 fully saturated rings. The second-order valence-corrected chi connectivity index (χ2v) is 6.25. The quantitative estimate of drug-likeness (QED) is 0.643. The Balaban J connectivity index is 1.53. The standard InChI is InChI=1S/C18H22O4/c19-13(7-6-12-4-2-1-3-5-12)8-9-14-15-10-18(21)22-17(15)11-16(14)20/h1-5,8-9,13-17,19-20H,6-7,10-11H2/t13-,14+,15-,16+,17+/m0/s1. The summed E-state index contributed by atoms with van der Waals surface area (Å²) in [6, 6.07) is 10.0. The second-order valence-electron chi connectivity index (χ2n) is 6.25. The van der Waals surface area contributed by atoms with Crippen LogP contribution in [-0.4, -0.2) is 34.5 Å². The number of esters is 1. The Morgan fingerprint density at radius 2 is 2.09 bits per heavy atom. The van der Waals surface area contributed by atoms with E-state index in [1.807, 2.05) is 36.4 Å². The van der Waals surface area contributed by atoms with Crippen LogP contribution in [0.25, 0.3) is 0 Å². The molecule has 1 aliphatic heterocycles. The molecule has 22 heavy (non-hydrogen) atoms. The van der Waals surface area contributed by atoms with Crippen LogP contribution in [0.3, 0.4) is 0 Å². The minimum absolute atomic E-state index is 0.0556. The van der Waals surface area contributed by atoms with Crippen molar-refractivity contribution >= 4 is 5.97 Å². The molecule has 1 saturated heterocycles. The molecule has 0 spiro atoms. The highest BCUT2D eigenvalue weighted by Gasteiger charge is 2.48. The van der Waals surface area contributed by atoms with Crippen molar-refractivity contribution in [2.24, 2.45) is 11.8 Å². The summed E-state index contributed by atoms with van der Waals surface area (Å²) in [5.74, 6) is -0.215. The normalized spacial score (nSPS) is 32.2. The van der Waals surface area contributed by atoms with E-state index in [2.05, 4.69) is 0 Å². The lowest BCUT2D eigenvalue weighted by Gasteiger charge is -2.15. The van der Waals surface area contributed by atoms with Crippen molar-refractivity contribution in [2.45, 2.75) is 44.0 Å². The van der Waals surface area contributed by atoms with E-state index in [-0.39, 0.29) is 23.9 Å². The van der Waals surface area contributed by atoms with Gasteiger partial charge in [-0.25, -0.2) is 0 Å². The van der Waals surface area contributed by atoms with Crippen molar-refractivity contribution in [3.05, 3.63) is 48.0 Å². The molecule has 118 valence electrons. The molecule has 1 aromatic rings. The summed E-state index contributed by atoms with van der Waals surface area (Å²) >= 11 is 0. The Morgan fingerprint density at radius 3 is 2.86 bits per heavy atom. The predicted octanol–water partition coefficient (Wildman–Crippen LogP) is 1.85. The number of aliphatic hydroxyl groups is 2. The molecule has 4 nitrogen and oxygen atoms in total. The average Bonchev–Trinajstić information content (AvgIpc) is 2.99. The predicted molar refractivity (Wildman–Crippen MR) is 82.0 cm³/mol. The fourth-order valence-electron chi connectivity index (χ4n) is 3.50. The van der Waals surface area contributed by atoms with Crippen molar-refractivity contribution in [2.75, 3.05) is 0 Å². The zero-order valence-electron chi connectivity index (χ0n) is 12.5. The minimum Gasteiger partial charge on any atom is -0.462 e. The van der Waals surface area contributed by atoms with E-state index in [4.69, 9.17) is 4.74 Å². The highest BCUT2D eigenvalue weighted by molar-refractivity contribution is 5.72. The lowest BCUT2D eigenvalue weighted by molar-refractivity contribution is -0.141. The number of hydrogen-bond acceptors (Lipinski definition) is 4. The molecule has 4 heteroatoms. The summed E-state index contributed by atoms with van der Waals surface area (Å²) in [4.78, 5) is 11.3. The highest BCUT2D eigenvalue weighted by Crippen LogP contribution is 2.42. The maximum absolute atomic E-state index is 11.3. The van der Waals surface area contributed by atoms with E-state index in [0.29, 0.717) is 19.3 Å². The topological polar surface area (TPSA) is 66.8 Å². The third-order valence-electron chi connectivity index (χ3n) is 4.70. The van der Waals surface area contributed by atoms with Gasteiger partial charge in [0.2, 0.25) is 0 Å². The first-order valence-electron chi connectivity index (χ1n) is 7.91. The van der Waals surface area contributed by atoms with Gasteiger partial charge in [-0.2, -0.15) is 0 Å². The van der Waals surface area contributed by atoms with Crippen LogP contribution < -0.4 is 0 Å². The van der Waals surface area contributed by atoms with Crippen molar-refractivity contribution < 1.29 is 19.7 Å². The number of fused-ring (bicyclic) bond motifs is 1. The Bertz CT molecular complexity index is 539. The second kappa shape index (κ2) is 6.63. The molecule has 1 aromatic carbocycles.